The van der Waals surface area contributed by atoms with E-state index in [1.807, 2.05) is 0 Å². The molecule has 2 unspecified atom stereocenters. The molecule has 1 aliphatic carbocycles. The van der Waals surface area contributed by atoms with Gasteiger partial charge in [0.25, 0.3) is 5.56 Å². The van der Waals surface area contributed by atoms with E-state index in [9.17, 15) is 19.9 Å². The molecule has 42 heavy (non-hydrogen) atoms. The lowest BCUT2D eigenvalue weighted by Gasteiger charge is -2.29. The fraction of sp³-hybridized carbons (Fsp3) is 0.500. The van der Waals surface area contributed by atoms with E-state index in [-0.39, 0.29) is 34.1 Å². The van der Waals surface area contributed by atoms with Crippen LogP contribution in [0.3, 0.4) is 0 Å². The largest absolute Gasteiger partial charge is 0.387 e. The number of alkyl halides is 2. The van der Waals surface area contributed by atoms with Crippen molar-refractivity contribution >= 4 is 52.6 Å². The van der Waals surface area contributed by atoms with Crippen molar-refractivity contribution in [1.29, 1.82) is 0 Å². The summed E-state index contributed by atoms with van der Waals surface area (Å²) in [4.78, 5) is 45.1. The van der Waals surface area contributed by atoms with Crippen molar-refractivity contribution in [2.45, 2.75) is 54.8 Å². The van der Waals surface area contributed by atoms with Gasteiger partial charge in [0.2, 0.25) is 5.95 Å². The second kappa shape index (κ2) is 9.36. The van der Waals surface area contributed by atoms with Crippen LogP contribution in [0.15, 0.2) is 23.8 Å². The second-order valence-corrected chi connectivity index (χ2v) is 12.7. The minimum absolute atomic E-state index is 0.0586. The number of fused-ring (bicyclic) bond motifs is 3. The lowest BCUT2D eigenvalue weighted by atomic mass is 10.1. The number of nitrogens with one attached hydrogen (secondary N) is 1. The molecule has 18 nitrogen and oxygen atoms in total. The third-order valence-corrected chi connectivity index (χ3v) is 8.92. The molecule has 2 saturated heterocycles. The number of nitrogens with two attached hydrogens (primary N) is 2. The van der Waals surface area contributed by atoms with E-state index >= 15 is 8.78 Å². The molecule has 3 aliphatic rings. The lowest BCUT2D eigenvalue weighted by molar-refractivity contribution is -0.0794. The second-order valence-electron chi connectivity index (χ2n) is 9.87. The quantitative estimate of drug-likeness (QED) is 0.125. The average molecular weight is 630 g/mol. The number of aromatic nitrogens is 8. The zero-order chi connectivity index (χ0) is 29.7. The molecule has 22 heteroatoms. The van der Waals surface area contributed by atoms with Crippen LogP contribution in [0.5, 0.6) is 0 Å². The standard InChI is InChI=1S/C20H21F2N10O8PS/c21-6-9(33)5(38-17(6)31-3-27-7-13(23)25-2-26-14(7)31)1-37-41(36,42)40-12-18(39-11-10(34)20(11,12)22)32-4-28-8-15(32)29-19(24)30-16(8)35/h2-6,9-12,17-18,33-34H,1H2,(H,36,42)(H2,23,25,26)(H3,24,29,30,35)/t5-,6-,9-,10?,11-,12+,17-,18-,20-,41?/m1/s1. The number of aliphatic hydroxyl groups is 2. The Balaban J connectivity index is 1.09. The molecule has 1 saturated carbocycles. The molecule has 2 aliphatic heterocycles. The molecule has 7 rings (SSSR count). The van der Waals surface area contributed by atoms with Gasteiger partial charge in [-0.1, -0.05) is 0 Å². The third kappa shape index (κ3) is 4.04. The van der Waals surface area contributed by atoms with Crippen LogP contribution in [-0.2, 0) is 30.3 Å². The zero-order valence-electron chi connectivity index (χ0n) is 20.8. The Morgan fingerprint density at radius 1 is 1.12 bits per heavy atom. The fourth-order valence-electron chi connectivity index (χ4n) is 5.21. The van der Waals surface area contributed by atoms with Gasteiger partial charge in [-0.2, -0.15) is 4.98 Å². The van der Waals surface area contributed by atoms with Gasteiger partial charge in [-0.05, 0) is 11.8 Å². The predicted molar refractivity (Wildman–Crippen MR) is 138 cm³/mol. The van der Waals surface area contributed by atoms with Gasteiger partial charge in [-0.25, -0.2) is 28.7 Å². The summed E-state index contributed by atoms with van der Waals surface area (Å²) in [7, 11) is 0. The Hall–Kier alpha value is -3.27. The molecule has 224 valence electrons. The average Bonchev–Trinajstić information content (AvgIpc) is 3.47. The number of halogens is 2. The van der Waals surface area contributed by atoms with Crippen molar-refractivity contribution in [1.82, 2.24) is 39.0 Å². The number of hydrogen-bond donors (Lipinski definition) is 6. The van der Waals surface area contributed by atoms with Crippen molar-refractivity contribution < 1.29 is 42.4 Å². The van der Waals surface area contributed by atoms with Crippen molar-refractivity contribution in [3.8, 4) is 0 Å². The number of ether oxygens (including phenoxy) is 2. The number of aromatic amines is 1. The van der Waals surface area contributed by atoms with Gasteiger partial charge in [-0.15, -0.1) is 0 Å². The Kier molecular flexibility index (Phi) is 6.14. The molecule has 3 fully saturated rings. The van der Waals surface area contributed by atoms with Gasteiger partial charge < -0.3 is 40.6 Å². The smallest absolute Gasteiger partial charge is 0.325 e. The van der Waals surface area contributed by atoms with Crippen molar-refractivity contribution in [2.75, 3.05) is 18.1 Å². The van der Waals surface area contributed by atoms with Crippen LogP contribution in [0, 0.1) is 0 Å². The number of nitrogen functional groups attached to an aromatic ring is 2. The molecular formula is C20H21F2N10O8PS. The summed E-state index contributed by atoms with van der Waals surface area (Å²) in [6.45, 7) is -5.04. The lowest BCUT2D eigenvalue weighted by Crippen LogP contribution is -2.36. The summed E-state index contributed by atoms with van der Waals surface area (Å²) < 4.78 is 55.2. The number of rotatable bonds is 7. The Labute approximate surface area is 236 Å². The number of anilines is 2. The van der Waals surface area contributed by atoms with E-state index < -0.39 is 73.7 Å². The highest BCUT2D eigenvalue weighted by molar-refractivity contribution is 8.07. The molecule has 0 aromatic carbocycles. The van der Waals surface area contributed by atoms with Gasteiger partial charge in [0.1, 0.15) is 36.3 Å². The maximum Gasteiger partial charge on any atom is 0.325 e. The summed E-state index contributed by atoms with van der Waals surface area (Å²) in [6.07, 6.45) is -9.10. The molecule has 0 bridgehead atoms. The van der Waals surface area contributed by atoms with E-state index in [1.54, 1.807) is 0 Å². The van der Waals surface area contributed by atoms with Crippen LogP contribution in [0.2, 0.25) is 0 Å². The molecule has 4 aromatic heterocycles. The van der Waals surface area contributed by atoms with Crippen LogP contribution in [0.25, 0.3) is 22.3 Å². The fourth-order valence-corrected chi connectivity index (χ4v) is 6.62. The third-order valence-electron chi connectivity index (χ3n) is 7.38. The van der Waals surface area contributed by atoms with E-state index in [4.69, 9.17) is 41.8 Å². The molecule has 8 N–H and O–H groups in total. The van der Waals surface area contributed by atoms with Gasteiger partial charge in [-0.3, -0.25) is 23.4 Å². The summed E-state index contributed by atoms with van der Waals surface area (Å²) in [6, 6.07) is 0. The normalized spacial score (nSPS) is 35.5. The van der Waals surface area contributed by atoms with E-state index in [2.05, 4.69) is 29.9 Å². The first-order valence-electron chi connectivity index (χ1n) is 12.2. The molecule has 0 radical (unpaired) electrons. The van der Waals surface area contributed by atoms with Crippen LogP contribution in [-0.4, -0.2) is 103 Å². The number of imidazole rings is 2. The Bertz CT molecular complexity index is 1830. The molecular weight excluding hydrogens is 609 g/mol. The summed E-state index contributed by atoms with van der Waals surface area (Å²) in [5.41, 5.74) is 8.36. The first-order chi connectivity index (χ1) is 19.9. The van der Waals surface area contributed by atoms with Crippen molar-refractivity contribution in [2.24, 2.45) is 0 Å². The Morgan fingerprint density at radius 3 is 2.60 bits per heavy atom. The minimum atomic E-state index is -4.38. The summed E-state index contributed by atoms with van der Waals surface area (Å²) in [5, 5.41) is 20.6. The first kappa shape index (κ1) is 27.6. The van der Waals surface area contributed by atoms with E-state index in [1.165, 1.54) is 10.9 Å². The SMILES string of the molecule is Nc1nc2c(ncn2[C@@H]2O[C@@H]3C(O)[C@]3(F)[C@H]2OP(O)(=S)OC[C@H]2O[C@@H](n3cnc4c(N)ncnc43)[C@H](F)[C@@H]2O)c(=O)[nH]1. The maximum absolute atomic E-state index is 15.7. The molecule has 4 aromatic rings. The minimum Gasteiger partial charge on any atom is -0.387 e. The highest BCUT2D eigenvalue weighted by Crippen LogP contribution is 2.62. The van der Waals surface area contributed by atoms with Gasteiger partial charge >= 0.3 is 6.72 Å². The van der Waals surface area contributed by atoms with E-state index in [0.717, 1.165) is 17.2 Å². The van der Waals surface area contributed by atoms with Crippen LogP contribution in [0.4, 0.5) is 20.5 Å². The van der Waals surface area contributed by atoms with Gasteiger partial charge in [0.15, 0.2) is 53.0 Å². The Morgan fingerprint density at radius 2 is 1.83 bits per heavy atom. The van der Waals surface area contributed by atoms with Gasteiger partial charge in [0.05, 0.1) is 19.3 Å². The van der Waals surface area contributed by atoms with E-state index in [0.29, 0.717) is 0 Å². The van der Waals surface area contributed by atoms with Gasteiger partial charge in [0, 0.05) is 0 Å². The van der Waals surface area contributed by atoms with Crippen molar-refractivity contribution in [3.63, 3.8) is 0 Å². The first-order valence-corrected chi connectivity index (χ1v) is 14.8. The predicted octanol–water partition coefficient (Wildman–Crippen LogP) is -1.68. The van der Waals surface area contributed by atoms with Crippen molar-refractivity contribution in [3.05, 3.63) is 29.3 Å². The maximum atomic E-state index is 15.7. The number of nitrogens with zero attached hydrogens (tertiary/aromatic N) is 7. The molecule has 0 amide bonds. The molecule has 6 heterocycles. The number of hydrogen-bond acceptors (Lipinski definition) is 15. The zero-order valence-corrected chi connectivity index (χ0v) is 22.5. The van der Waals surface area contributed by atoms with Crippen LogP contribution in [0.1, 0.15) is 12.5 Å². The van der Waals surface area contributed by atoms with Crippen LogP contribution < -0.4 is 17.0 Å². The highest BCUT2D eigenvalue weighted by Gasteiger charge is 2.80. The van der Waals surface area contributed by atoms with Crippen LogP contribution >= 0.6 is 6.72 Å². The molecule has 0 spiro atoms. The number of H-pyrrole nitrogens is 1. The topological polar surface area (TPSA) is 257 Å². The number of aliphatic hydroxyl groups excluding tert-OH is 2. The highest BCUT2D eigenvalue weighted by atomic mass is 32.5. The monoisotopic (exact) mass is 630 g/mol. The summed E-state index contributed by atoms with van der Waals surface area (Å²) in [5.74, 6) is -0.192. The molecule has 10 atom stereocenters. The summed E-state index contributed by atoms with van der Waals surface area (Å²) >= 11 is 5.07.